The minimum atomic E-state index is 0.429. The molecule has 17 heavy (non-hydrogen) atoms. The van der Waals surface area contributed by atoms with Gasteiger partial charge < -0.3 is 4.57 Å². The Labute approximate surface area is 103 Å². The van der Waals surface area contributed by atoms with Crippen molar-refractivity contribution in [1.82, 2.24) is 14.8 Å². The second-order valence-corrected chi connectivity index (χ2v) is 4.73. The van der Waals surface area contributed by atoms with Gasteiger partial charge in [0.15, 0.2) is 0 Å². The molecule has 2 rings (SSSR count). The largest absolute Gasteiger partial charge is 0.315 e. The van der Waals surface area contributed by atoms with E-state index in [0.717, 1.165) is 18.7 Å². The Morgan fingerprint density at radius 1 is 1.12 bits per heavy atom. The molecule has 90 valence electrons. The van der Waals surface area contributed by atoms with Crippen LogP contribution < -0.4 is 0 Å². The Balaban J connectivity index is 2.02. The summed E-state index contributed by atoms with van der Waals surface area (Å²) < 4.78 is 2.13. The monoisotopic (exact) mass is 229 g/mol. The summed E-state index contributed by atoms with van der Waals surface area (Å²) in [4.78, 5) is 0. The molecule has 0 aliphatic rings. The minimum Gasteiger partial charge on any atom is -0.315 e. The van der Waals surface area contributed by atoms with Gasteiger partial charge in [0, 0.05) is 12.5 Å². The van der Waals surface area contributed by atoms with E-state index in [1.54, 1.807) is 0 Å². The number of rotatable bonds is 4. The predicted octanol–water partition coefficient (Wildman–Crippen LogP) is 2.95. The highest BCUT2D eigenvalue weighted by molar-refractivity contribution is 5.21. The summed E-state index contributed by atoms with van der Waals surface area (Å²) in [5.41, 5.74) is 2.66. The molecule has 0 N–H and O–H groups in total. The van der Waals surface area contributed by atoms with Gasteiger partial charge in [-0.15, -0.1) is 10.2 Å². The molecule has 0 spiro atoms. The first-order valence-corrected chi connectivity index (χ1v) is 6.10. The fraction of sp³-hybridized carbons (Fsp3) is 0.429. The van der Waals surface area contributed by atoms with E-state index in [4.69, 9.17) is 0 Å². The molecule has 0 atom stereocenters. The molecule has 1 heterocycles. The Kier molecular flexibility index (Phi) is 3.57. The number of aromatic nitrogens is 3. The summed E-state index contributed by atoms with van der Waals surface area (Å²) in [7, 11) is 0. The van der Waals surface area contributed by atoms with Gasteiger partial charge in [-0.3, -0.25) is 0 Å². The molecule has 0 saturated heterocycles. The minimum absolute atomic E-state index is 0.429. The van der Waals surface area contributed by atoms with E-state index in [-0.39, 0.29) is 0 Å². The van der Waals surface area contributed by atoms with Crippen LogP contribution in [0.2, 0.25) is 0 Å². The molecule has 0 aliphatic heterocycles. The highest BCUT2D eigenvalue weighted by Gasteiger charge is 2.06. The summed E-state index contributed by atoms with van der Waals surface area (Å²) in [6, 6.07) is 9.11. The van der Waals surface area contributed by atoms with E-state index in [2.05, 4.69) is 59.8 Å². The lowest BCUT2D eigenvalue weighted by Crippen LogP contribution is -2.06. The van der Waals surface area contributed by atoms with Crippen molar-refractivity contribution in [2.24, 2.45) is 0 Å². The van der Waals surface area contributed by atoms with Crippen LogP contribution in [-0.4, -0.2) is 14.8 Å². The Morgan fingerprint density at radius 2 is 1.82 bits per heavy atom. The smallest absolute Gasteiger partial charge is 0.133 e. The molecular formula is C14H19N3. The molecule has 0 bridgehead atoms. The lowest BCUT2D eigenvalue weighted by atomic mass is 10.1. The lowest BCUT2D eigenvalue weighted by Gasteiger charge is -2.09. The predicted molar refractivity (Wildman–Crippen MR) is 69.0 cm³/mol. The number of benzene rings is 1. The van der Waals surface area contributed by atoms with Gasteiger partial charge in [0.05, 0.1) is 0 Å². The Hall–Kier alpha value is -1.64. The van der Waals surface area contributed by atoms with Crippen molar-refractivity contribution >= 4 is 0 Å². The Bertz CT molecular complexity index is 468. The first-order chi connectivity index (χ1) is 8.16. The van der Waals surface area contributed by atoms with Gasteiger partial charge in [-0.05, 0) is 32.8 Å². The number of aryl methyl sites for hydroxylation is 3. The molecule has 0 fully saturated rings. The molecule has 1 aromatic carbocycles. The van der Waals surface area contributed by atoms with Crippen molar-refractivity contribution in [2.75, 3.05) is 0 Å². The average molecular weight is 229 g/mol. The molecule has 0 saturated carbocycles. The second-order valence-electron chi connectivity index (χ2n) is 4.73. The molecular weight excluding hydrogens is 210 g/mol. The van der Waals surface area contributed by atoms with Crippen LogP contribution in [0.4, 0.5) is 0 Å². The topological polar surface area (TPSA) is 30.7 Å². The maximum Gasteiger partial charge on any atom is 0.133 e. The van der Waals surface area contributed by atoms with Gasteiger partial charge in [-0.25, -0.2) is 0 Å². The summed E-state index contributed by atoms with van der Waals surface area (Å²) in [5.74, 6) is 1.07. The van der Waals surface area contributed by atoms with E-state index in [1.165, 1.54) is 11.1 Å². The van der Waals surface area contributed by atoms with Crippen LogP contribution in [-0.2, 0) is 12.8 Å². The number of nitrogens with zero attached hydrogens (tertiary/aromatic N) is 3. The van der Waals surface area contributed by atoms with Crippen molar-refractivity contribution in [3.05, 3.63) is 47.5 Å². The molecule has 3 nitrogen and oxygen atoms in total. The Morgan fingerprint density at radius 3 is 2.47 bits per heavy atom. The van der Waals surface area contributed by atoms with Crippen molar-refractivity contribution in [3.8, 4) is 0 Å². The first kappa shape index (κ1) is 11.8. The zero-order chi connectivity index (χ0) is 12.3. The third-order valence-corrected chi connectivity index (χ3v) is 2.96. The van der Waals surface area contributed by atoms with Crippen LogP contribution >= 0.6 is 0 Å². The maximum atomic E-state index is 4.18. The van der Waals surface area contributed by atoms with Crippen LogP contribution in [0.25, 0.3) is 0 Å². The van der Waals surface area contributed by atoms with Crippen molar-refractivity contribution in [1.29, 1.82) is 0 Å². The molecule has 2 aromatic rings. The third kappa shape index (κ3) is 2.93. The lowest BCUT2D eigenvalue weighted by molar-refractivity contribution is 0.565. The van der Waals surface area contributed by atoms with Crippen LogP contribution in [0.1, 0.15) is 36.8 Å². The van der Waals surface area contributed by atoms with Crippen LogP contribution in [0, 0.1) is 6.92 Å². The van der Waals surface area contributed by atoms with Crippen LogP contribution in [0.15, 0.2) is 30.6 Å². The van der Waals surface area contributed by atoms with Gasteiger partial charge in [-0.2, -0.15) is 0 Å². The molecule has 1 aromatic heterocycles. The molecule has 0 radical (unpaired) electrons. The fourth-order valence-corrected chi connectivity index (χ4v) is 1.89. The second kappa shape index (κ2) is 5.13. The van der Waals surface area contributed by atoms with Crippen molar-refractivity contribution < 1.29 is 0 Å². The zero-order valence-electron chi connectivity index (χ0n) is 10.7. The molecule has 3 heteroatoms. The van der Waals surface area contributed by atoms with Gasteiger partial charge in [0.2, 0.25) is 0 Å². The van der Waals surface area contributed by atoms with Gasteiger partial charge in [0.25, 0.3) is 0 Å². The highest BCUT2D eigenvalue weighted by Crippen LogP contribution is 2.10. The van der Waals surface area contributed by atoms with E-state index in [1.807, 2.05) is 6.33 Å². The summed E-state index contributed by atoms with van der Waals surface area (Å²) >= 11 is 0. The van der Waals surface area contributed by atoms with Crippen LogP contribution in [0.3, 0.4) is 0 Å². The average Bonchev–Trinajstić information content (AvgIpc) is 2.76. The SMILES string of the molecule is Cc1ccc(CCc2nncn2C(C)C)cc1. The zero-order valence-corrected chi connectivity index (χ0v) is 10.7. The van der Waals surface area contributed by atoms with E-state index in [0.29, 0.717) is 6.04 Å². The van der Waals surface area contributed by atoms with Crippen molar-refractivity contribution in [2.45, 2.75) is 39.7 Å². The fourth-order valence-electron chi connectivity index (χ4n) is 1.89. The molecule has 0 unspecified atom stereocenters. The highest BCUT2D eigenvalue weighted by atomic mass is 15.3. The quantitative estimate of drug-likeness (QED) is 0.807. The summed E-state index contributed by atoms with van der Waals surface area (Å²) in [6.45, 7) is 6.41. The van der Waals surface area contributed by atoms with Crippen molar-refractivity contribution in [3.63, 3.8) is 0 Å². The standard InChI is InChI=1S/C14H19N3/c1-11(2)17-10-15-16-14(17)9-8-13-6-4-12(3)5-7-13/h4-7,10-11H,8-9H2,1-3H3. The first-order valence-electron chi connectivity index (χ1n) is 6.10. The van der Waals surface area contributed by atoms with E-state index >= 15 is 0 Å². The third-order valence-electron chi connectivity index (χ3n) is 2.96. The summed E-state index contributed by atoms with van der Waals surface area (Å²) in [6.07, 6.45) is 3.78. The van der Waals surface area contributed by atoms with Gasteiger partial charge in [0.1, 0.15) is 12.2 Å². The molecule has 0 amide bonds. The van der Waals surface area contributed by atoms with E-state index in [9.17, 15) is 0 Å². The summed E-state index contributed by atoms with van der Waals surface area (Å²) in [5, 5.41) is 8.17. The number of hydrogen-bond donors (Lipinski definition) is 0. The van der Waals surface area contributed by atoms with E-state index < -0.39 is 0 Å². The maximum absolute atomic E-state index is 4.18. The van der Waals surface area contributed by atoms with Crippen LogP contribution in [0.5, 0.6) is 0 Å². The van der Waals surface area contributed by atoms with Gasteiger partial charge >= 0.3 is 0 Å². The normalized spacial score (nSPS) is 11.1. The number of hydrogen-bond acceptors (Lipinski definition) is 2. The molecule has 0 aliphatic carbocycles. The van der Waals surface area contributed by atoms with Gasteiger partial charge in [-0.1, -0.05) is 29.8 Å².